The number of unbranched alkanes of at least 4 members (excludes halogenated alkanes) is 1. The number of pyridine rings is 1. The normalized spacial score (nSPS) is 17.5. The first-order valence-corrected chi connectivity index (χ1v) is 12.0. The van der Waals surface area contributed by atoms with Gasteiger partial charge < -0.3 is 20.6 Å². The number of hydrogen-bond acceptors (Lipinski definition) is 5. The fourth-order valence-corrected chi connectivity index (χ4v) is 4.10. The molecule has 1 aromatic heterocycles. The molecule has 0 saturated heterocycles. The van der Waals surface area contributed by atoms with Crippen molar-refractivity contribution in [3.63, 3.8) is 0 Å². The molecule has 1 aromatic rings. The number of amides is 1. The van der Waals surface area contributed by atoms with Crippen LogP contribution in [0, 0.1) is 5.92 Å². The van der Waals surface area contributed by atoms with Crippen LogP contribution in [0.2, 0.25) is 0 Å². The molecule has 7 heteroatoms. The number of nitrogens with zero attached hydrogens (tertiary/aromatic N) is 2. The third-order valence-electron chi connectivity index (χ3n) is 6.52. The number of aryl methyl sites for hydroxylation is 2. The molecule has 2 unspecified atom stereocenters. The van der Waals surface area contributed by atoms with Crippen LogP contribution in [-0.2, 0) is 22.4 Å². The van der Waals surface area contributed by atoms with Crippen molar-refractivity contribution in [1.82, 2.24) is 15.2 Å². The van der Waals surface area contributed by atoms with Crippen LogP contribution in [0.25, 0.3) is 0 Å². The zero-order valence-corrected chi connectivity index (χ0v) is 19.0. The highest BCUT2D eigenvalue weighted by atomic mass is 16.4. The fraction of sp³-hybridized carbons (Fsp3) is 0.708. The first kappa shape index (κ1) is 23.5. The molecule has 0 bridgehead atoms. The van der Waals surface area contributed by atoms with E-state index in [9.17, 15) is 14.7 Å². The van der Waals surface area contributed by atoms with E-state index in [2.05, 4.69) is 27.7 Å². The second-order valence-electron chi connectivity index (χ2n) is 9.06. The van der Waals surface area contributed by atoms with E-state index >= 15 is 0 Å². The molecule has 1 fully saturated rings. The lowest BCUT2D eigenvalue weighted by atomic mass is 10.1. The van der Waals surface area contributed by atoms with Gasteiger partial charge in [0.15, 0.2) is 0 Å². The third-order valence-corrected chi connectivity index (χ3v) is 6.52. The Hall–Kier alpha value is -2.15. The maximum Gasteiger partial charge on any atom is 0.326 e. The van der Waals surface area contributed by atoms with Gasteiger partial charge in [-0.2, -0.15) is 0 Å². The Bertz CT molecular complexity index is 750. The predicted molar refractivity (Wildman–Crippen MR) is 122 cm³/mol. The molecule has 2 heterocycles. The smallest absolute Gasteiger partial charge is 0.326 e. The third kappa shape index (κ3) is 7.20. The number of carbonyl (C=O) groups is 2. The molecule has 3 rings (SSSR count). The first-order valence-electron chi connectivity index (χ1n) is 12.0. The van der Waals surface area contributed by atoms with E-state index in [4.69, 9.17) is 4.98 Å². The van der Waals surface area contributed by atoms with Gasteiger partial charge in [-0.15, -0.1) is 0 Å². The summed E-state index contributed by atoms with van der Waals surface area (Å²) in [5, 5.41) is 15.6. The number of fused-ring (bicyclic) bond motifs is 1. The van der Waals surface area contributed by atoms with E-state index in [1.807, 2.05) is 13.8 Å². The predicted octanol–water partition coefficient (Wildman–Crippen LogP) is 3.23. The number of aliphatic carboxylic acids is 1. The molecule has 1 saturated carbocycles. The van der Waals surface area contributed by atoms with Crippen molar-refractivity contribution in [3.05, 3.63) is 23.4 Å². The van der Waals surface area contributed by atoms with E-state index in [0.717, 1.165) is 50.3 Å². The molecular weight excluding hydrogens is 392 g/mol. The number of carboxylic acid groups (broad SMARTS) is 1. The van der Waals surface area contributed by atoms with Gasteiger partial charge in [0.05, 0.1) is 0 Å². The molecule has 172 valence electrons. The summed E-state index contributed by atoms with van der Waals surface area (Å²) in [6.45, 7) is 6.46. The van der Waals surface area contributed by atoms with Crippen molar-refractivity contribution in [2.75, 3.05) is 25.0 Å². The Labute approximate surface area is 186 Å². The van der Waals surface area contributed by atoms with Crippen LogP contribution in [0.15, 0.2) is 12.1 Å². The van der Waals surface area contributed by atoms with Crippen LogP contribution in [0.1, 0.15) is 70.1 Å². The quantitative estimate of drug-likeness (QED) is 0.416. The van der Waals surface area contributed by atoms with Gasteiger partial charge in [-0.25, -0.2) is 9.78 Å². The maximum absolute atomic E-state index is 12.1. The molecule has 2 atom stereocenters. The van der Waals surface area contributed by atoms with E-state index in [1.54, 1.807) is 0 Å². The molecule has 1 amide bonds. The van der Waals surface area contributed by atoms with E-state index in [0.29, 0.717) is 25.4 Å². The molecule has 1 aliphatic carbocycles. The molecule has 3 N–H and O–H groups in total. The number of anilines is 1. The maximum atomic E-state index is 12.1. The van der Waals surface area contributed by atoms with Gasteiger partial charge in [0, 0.05) is 30.7 Å². The van der Waals surface area contributed by atoms with Crippen molar-refractivity contribution in [1.29, 1.82) is 0 Å². The summed E-state index contributed by atoms with van der Waals surface area (Å²) in [5.74, 6) is -0.212. The molecule has 0 aromatic carbocycles. The largest absolute Gasteiger partial charge is 0.480 e. The van der Waals surface area contributed by atoms with Gasteiger partial charge >= 0.3 is 5.97 Å². The van der Waals surface area contributed by atoms with Gasteiger partial charge in [0.1, 0.15) is 11.9 Å². The summed E-state index contributed by atoms with van der Waals surface area (Å²) in [6, 6.07) is 4.13. The van der Waals surface area contributed by atoms with Crippen LogP contribution in [0.5, 0.6) is 0 Å². The van der Waals surface area contributed by atoms with Gasteiger partial charge in [-0.1, -0.05) is 19.9 Å². The van der Waals surface area contributed by atoms with Crippen LogP contribution < -0.4 is 10.6 Å². The minimum absolute atomic E-state index is 0.159. The monoisotopic (exact) mass is 430 g/mol. The molecule has 31 heavy (non-hydrogen) atoms. The summed E-state index contributed by atoms with van der Waals surface area (Å²) in [4.78, 5) is 30.9. The number of carbonyl (C=O) groups excluding carboxylic acids is 1. The number of aromatic nitrogens is 1. The van der Waals surface area contributed by atoms with E-state index < -0.39 is 12.0 Å². The topological polar surface area (TPSA) is 94.6 Å². The summed E-state index contributed by atoms with van der Waals surface area (Å²) in [6.07, 6.45) is 8.94. The first-order chi connectivity index (χ1) is 15.0. The second-order valence-corrected chi connectivity index (χ2v) is 9.06. The van der Waals surface area contributed by atoms with E-state index in [1.165, 1.54) is 24.8 Å². The standard InChI is InChI=1S/C24H38N4O3/c1-3-17(2)23(29)27-21(24(30)31)13-16-28(20-11-12-20)15-5-4-8-19-10-9-18-7-6-14-25-22(18)26-19/h9-10,17,20-21H,3-8,11-16H2,1-2H3,(H,25,26)(H,27,29)(H,30,31). The molecule has 0 spiro atoms. The minimum atomic E-state index is -0.945. The molecular formula is C24H38N4O3. The average molecular weight is 431 g/mol. The highest BCUT2D eigenvalue weighted by Crippen LogP contribution is 2.27. The van der Waals surface area contributed by atoms with Crippen LogP contribution in [0.4, 0.5) is 5.82 Å². The van der Waals surface area contributed by atoms with Crippen molar-refractivity contribution in [3.8, 4) is 0 Å². The van der Waals surface area contributed by atoms with E-state index in [-0.39, 0.29) is 11.8 Å². The Kier molecular flexibility index (Phi) is 8.69. The number of carboxylic acids is 1. The Morgan fingerprint density at radius 1 is 1.29 bits per heavy atom. The number of hydrogen-bond donors (Lipinski definition) is 3. The van der Waals surface area contributed by atoms with Crippen LogP contribution in [-0.4, -0.2) is 58.6 Å². The van der Waals surface area contributed by atoms with Gasteiger partial charge in [0.25, 0.3) is 0 Å². The summed E-state index contributed by atoms with van der Waals surface area (Å²) < 4.78 is 0. The number of rotatable bonds is 13. The van der Waals surface area contributed by atoms with Crippen molar-refractivity contribution in [2.45, 2.75) is 83.7 Å². The summed E-state index contributed by atoms with van der Waals surface area (Å²) in [5.41, 5.74) is 2.47. The van der Waals surface area contributed by atoms with Crippen molar-refractivity contribution < 1.29 is 14.7 Å². The Morgan fingerprint density at radius 3 is 2.81 bits per heavy atom. The van der Waals surface area contributed by atoms with Crippen molar-refractivity contribution in [2.24, 2.45) is 5.92 Å². The van der Waals surface area contributed by atoms with Crippen molar-refractivity contribution >= 4 is 17.7 Å². The molecule has 1 aliphatic heterocycles. The lowest BCUT2D eigenvalue weighted by Crippen LogP contribution is -2.45. The lowest BCUT2D eigenvalue weighted by Gasteiger charge is -2.24. The summed E-state index contributed by atoms with van der Waals surface area (Å²) in [7, 11) is 0. The fourth-order valence-electron chi connectivity index (χ4n) is 4.10. The highest BCUT2D eigenvalue weighted by molar-refractivity contribution is 5.84. The van der Waals surface area contributed by atoms with Crippen LogP contribution >= 0.6 is 0 Å². The van der Waals surface area contributed by atoms with Gasteiger partial charge in [-0.05, 0) is 76.0 Å². The SMILES string of the molecule is CCC(C)C(=O)NC(CCN(CCCCc1ccc2c(n1)NCCC2)C1CC1)C(=O)O. The Balaban J connectivity index is 1.42. The summed E-state index contributed by atoms with van der Waals surface area (Å²) >= 11 is 0. The minimum Gasteiger partial charge on any atom is -0.480 e. The number of nitrogens with one attached hydrogen (secondary N) is 2. The van der Waals surface area contributed by atoms with Crippen LogP contribution in [0.3, 0.4) is 0 Å². The highest BCUT2D eigenvalue weighted by Gasteiger charge is 2.30. The zero-order valence-electron chi connectivity index (χ0n) is 19.0. The van der Waals surface area contributed by atoms with Gasteiger partial charge in [-0.3, -0.25) is 4.79 Å². The molecule has 0 radical (unpaired) electrons. The molecule has 7 nitrogen and oxygen atoms in total. The molecule has 2 aliphatic rings. The zero-order chi connectivity index (χ0) is 22.2. The average Bonchev–Trinajstić information content (AvgIpc) is 3.62. The second kappa shape index (κ2) is 11.5. The Morgan fingerprint density at radius 2 is 2.10 bits per heavy atom. The lowest BCUT2D eigenvalue weighted by molar-refractivity contribution is -0.142. The van der Waals surface area contributed by atoms with Gasteiger partial charge in [0.2, 0.25) is 5.91 Å².